The van der Waals surface area contributed by atoms with Gasteiger partial charge in [-0.05, 0) is 29.7 Å². The van der Waals surface area contributed by atoms with Crippen LogP contribution >= 0.6 is 0 Å². The Labute approximate surface area is 141 Å². The second-order valence-corrected chi connectivity index (χ2v) is 5.74. The van der Waals surface area contributed by atoms with Gasteiger partial charge in [-0.3, -0.25) is 9.59 Å². The molecule has 2 aromatic carbocycles. The highest BCUT2D eigenvalue weighted by molar-refractivity contribution is 5.93. The van der Waals surface area contributed by atoms with Crippen molar-refractivity contribution in [1.29, 1.82) is 0 Å². The van der Waals surface area contributed by atoms with Gasteiger partial charge in [-0.25, -0.2) is 0 Å². The molecule has 5 nitrogen and oxygen atoms in total. The van der Waals surface area contributed by atoms with Crippen molar-refractivity contribution in [3.8, 4) is 5.75 Å². The topological polar surface area (TPSA) is 67.4 Å². The van der Waals surface area contributed by atoms with E-state index in [9.17, 15) is 9.59 Å². The van der Waals surface area contributed by atoms with Gasteiger partial charge in [-0.15, -0.1) is 0 Å². The molecule has 0 aliphatic carbocycles. The number of ether oxygens (including phenoxy) is 1. The van der Waals surface area contributed by atoms with Crippen molar-refractivity contribution >= 4 is 17.5 Å². The van der Waals surface area contributed by atoms with Crippen molar-refractivity contribution in [1.82, 2.24) is 5.32 Å². The van der Waals surface area contributed by atoms with Crippen molar-refractivity contribution in [2.24, 2.45) is 0 Å². The molecule has 0 bridgehead atoms. The van der Waals surface area contributed by atoms with Gasteiger partial charge >= 0.3 is 0 Å². The number of carbonyl (C=O) groups is 2. The number of rotatable bonds is 5. The first kappa shape index (κ1) is 16.1. The minimum absolute atomic E-state index is 0.00703. The summed E-state index contributed by atoms with van der Waals surface area (Å²) in [4.78, 5) is 23.5. The van der Waals surface area contributed by atoms with Crippen LogP contribution in [0.2, 0.25) is 0 Å². The maximum Gasteiger partial charge on any atom is 0.227 e. The van der Waals surface area contributed by atoms with Crippen LogP contribution in [0.25, 0.3) is 0 Å². The van der Waals surface area contributed by atoms with Crippen molar-refractivity contribution in [3.63, 3.8) is 0 Å². The lowest BCUT2D eigenvalue weighted by Gasteiger charge is -2.10. The predicted octanol–water partition coefficient (Wildman–Crippen LogP) is 2.31. The van der Waals surface area contributed by atoms with E-state index in [2.05, 4.69) is 10.6 Å². The fraction of sp³-hybridized carbons (Fsp3) is 0.263. The second kappa shape index (κ2) is 7.64. The number of carbonyl (C=O) groups excluding carboxylic acids is 2. The molecule has 2 N–H and O–H groups in total. The number of hydrogen-bond donors (Lipinski definition) is 2. The summed E-state index contributed by atoms with van der Waals surface area (Å²) >= 11 is 0. The molecule has 5 heteroatoms. The normalized spacial score (nSPS) is 13.2. The van der Waals surface area contributed by atoms with Gasteiger partial charge in [0, 0.05) is 6.54 Å². The van der Waals surface area contributed by atoms with Gasteiger partial charge in [0.15, 0.2) is 0 Å². The Morgan fingerprint density at radius 3 is 2.79 bits per heavy atom. The van der Waals surface area contributed by atoms with Gasteiger partial charge in [0.25, 0.3) is 0 Å². The van der Waals surface area contributed by atoms with E-state index in [-0.39, 0.29) is 11.8 Å². The number of benzene rings is 2. The zero-order valence-electron chi connectivity index (χ0n) is 13.4. The molecule has 0 atom stereocenters. The van der Waals surface area contributed by atoms with Crippen LogP contribution in [0.4, 0.5) is 5.69 Å². The van der Waals surface area contributed by atoms with E-state index < -0.39 is 0 Å². The van der Waals surface area contributed by atoms with Gasteiger partial charge in [0.05, 0.1) is 25.1 Å². The summed E-state index contributed by atoms with van der Waals surface area (Å²) in [5, 5.41) is 5.77. The number of anilines is 1. The largest absolute Gasteiger partial charge is 0.491 e. The minimum Gasteiger partial charge on any atom is -0.491 e. The molecule has 124 valence electrons. The third kappa shape index (κ3) is 4.35. The van der Waals surface area contributed by atoms with E-state index in [1.165, 1.54) is 0 Å². The SMILES string of the molecule is O=C(Cc1ccccc1)NCCc1ccc2c(c1)NC(=O)CCO2. The van der Waals surface area contributed by atoms with Gasteiger partial charge in [-0.1, -0.05) is 36.4 Å². The highest BCUT2D eigenvalue weighted by Gasteiger charge is 2.14. The van der Waals surface area contributed by atoms with Crippen molar-refractivity contribution in [2.75, 3.05) is 18.5 Å². The molecule has 0 aromatic heterocycles. The van der Waals surface area contributed by atoms with Crippen LogP contribution < -0.4 is 15.4 Å². The van der Waals surface area contributed by atoms with Crippen LogP contribution in [0.5, 0.6) is 5.75 Å². The number of hydrogen-bond acceptors (Lipinski definition) is 3. The highest BCUT2D eigenvalue weighted by atomic mass is 16.5. The zero-order chi connectivity index (χ0) is 16.8. The molecule has 0 fully saturated rings. The fourth-order valence-electron chi connectivity index (χ4n) is 2.61. The van der Waals surface area contributed by atoms with E-state index in [4.69, 9.17) is 4.74 Å². The molecule has 1 heterocycles. The van der Waals surface area contributed by atoms with Gasteiger partial charge < -0.3 is 15.4 Å². The first-order chi connectivity index (χ1) is 11.7. The summed E-state index contributed by atoms with van der Waals surface area (Å²) in [7, 11) is 0. The lowest BCUT2D eigenvalue weighted by molar-refractivity contribution is -0.120. The smallest absolute Gasteiger partial charge is 0.227 e. The molecule has 2 amide bonds. The zero-order valence-corrected chi connectivity index (χ0v) is 13.4. The summed E-state index contributed by atoms with van der Waals surface area (Å²) in [6, 6.07) is 15.4. The standard InChI is InChI=1S/C19H20N2O3/c22-18-9-11-24-17-7-6-15(12-16(17)21-18)8-10-20-19(23)13-14-4-2-1-3-5-14/h1-7,12H,8-11,13H2,(H,20,23)(H,21,22). The molecule has 1 aliphatic rings. The van der Waals surface area contributed by atoms with Crippen molar-refractivity contribution in [2.45, 2.75) is 19.3 Å². The summed E-state index contributed by atoms with van der Waals surface area (Å²) in [5.41, 5.74) is 2.74. The van der Waals surface area contributed by atoms with E-state index in [1.807, 2.05) is 48.5 Å². The number of amides is 2. The maximum absolute atomic E-state index is 11.9. The maximum atomic E-state index is 11.9. The van der Waals surface area contributed by atoms with Crippen molar-refractivity contribution in [3.05, 3.63) is 59.7 Å². The number of fused-ring (bicyclic) bond motifs is 1. The molecule has 1 aliphatic heterocycles. The summed E-state index contributed by atoms with van der Waals surface area (Å²) < 4.78 is 5.53. The van der Waals surface area contributed by atoms with Crippen LogP contribution in [-0.4, -0.2) is 25.0 Å². The van der Waals surface area contributed by atoms with E-state index in [0.29, 0.717) is 43.9 Å². The summed E-state index contributed by atoms with van der Waals surface area (Å²) in [5.74, 6) is 0.660. The van der Waals surface area contributed by atoms with Crippen molar-refractivity contribution < 1.29 is 14.3 Å². The molecule has 3 rings (SSSR count). The molecule has 0 saturated carbocycles. The Morgan fingerprint density at radius 1 is 1.12 bits per heavy atom. The lowest BCUT2D eigenvalue weighted by atomic mass is 10.1. The van der Waals surface area contributed by atoms with Crippen LogP contribution in [0, 0.1) is 0 Å². The van der Waals surface area contributed by atoms with Gasteiger partial charge in [0.1, 0.15) is 5.75 Å². The Morgan fingerprint density at radius 2 is 1.96 bits per heavy atom. The average Bonchev–Trinajstić information content (AvgIpc) is 2.76. The van der Waals surface area contributed by atoms with Crippen LogP contribution in [-0.2, 0) is 22.4 Å². The van der Waals surface area contributed by atoms with Gasteiger partial charge in [0.2, 0.25) is 11.8 Å². The van der Waals surface area contributed by atoms with Crippen LogP contribution in [0.15, 0.2) is 48.5 Å². The first-order valence-electron chi connectivity index (χ1n) is 8.07. The van der Waals surface area contributed by atoms with Gasteiger partial charge in [-0.2, -0.15) is 0 Å². The monoisotopic (exact) mass is 324 g/mol. The fourth-order valence-corrected chi connectivity index (χ4v) is 2.61. The Hall–Kier alpha value is -2.82. The average molecular weight is 324 g/mol. The molecular weight excluding hydrogens is 304 g/mol. The first-order valence-corrected chi connectivity index (χ1v) is 8.07. The van der Waals surface area contributed by atoms with E-state index in [0.717, 1.165) is 11.1 Å². The van der Waals surface area contributed by atoms with E-state index in [1.54, 1.807) is 0 Å². The lowest BCUT2D eigenvalue weighted by Crippen LogP contribution is -2.27. The highest BCUT2D eigenvalue weighted by Crippen LogP contribution is 2.28. The second-order valence-electron chi connectivity index (χ2n) is 5.74. The molecule has 0 unspecified atom stereocenters. The predicted molar refractivity (Wildman–Crippen MR) is 92.0 cm³/mol. The molecule has 0 saturated heterocycles. The molecule has 24 heavy (non-hydrogen) atoms. The third-order valence-electron chi connectivity index (χ3n) is 3.85. The van der Waals surface area contributed by atoms with E-state index >= 15 is 0 Å². The minimum atomic E-state index is -0.0398. The Bertz CT molecular complexity index is 729. The molecule has 0 radical (unpaired) electrons. The molecule has 2 aromatic rings. The van der Waals surface area contributed by atoms with Crippen LogP contribution in [0.1, 0.15) is 17.5 Å². The summed E-state index contributed by atoms with van der Waals surface area (Å²) in [6.45, 7) is 0.951. The Kier molecular flexibility index (Phi) is 5.11. The summed E-state index contributed by atoms with van der Waals surface area (Å²) in [6.07, 6.45) is 1.44. The quantitative estimate of drug-likeness (QED) is 0.887. The Balaban J connectivity index is 1.52. The molecule has 0 spiro atoms. The third-order valence-corrected chi connectivity index (χ3v) is 3.85. The van der Waals surface area contributed by atoms with Crippen LogP contribution in [0.3, 0.4) is 0 Å². The molecular formula is C19H20N2O3. The number of nitrogens with one attached hydrogen (secondary N) is 2.